The predicted octanol–water partition coefficient (Wildman–Crippen LogP) is 3.15. The van der Waals surface area contributed by atoms with Crippen LogP contribution >= 0.6 is 0 Å². The minimum Gasteiger partial charge on any atom is -0.497 e. The Morgan fingerprint density at radius 3 is 2.76 bits per heavy atom. The number of hydrogen-bond donors (Lipinski definition) is 0. The van der Waals surface area contributed by atoms with E-state index in [9.17, 15) is 4.79 Å². The molecule has 4 rings (SSSR count). The normalized spacial score (nSPS) is 12.3. The Kier molecular flexibility index (Phi) is 5.15. The lowest BCUT2D eigenvalue weighted by atomic mass is 10.2. The summed E-state index contributed by atoms with van der Waals surface area (Å²) in [5.41, 5.74) is 1.65. The molecule has 148 valence electrons. The summed E-state index contributed by atoms with van der Waals surface area (Å²) in [6, 6.07) is 12.8. The Labute approximate surface area is 167 Å². The van der Waals surface area contributed by atoms with Gasteiger partial charge in [-0.2, -0.15) is 4.98 Å². The molecule has 1 aliphatic rings. The smallest absolute Gasteiger partial charge is 0.246 e. The number of hydrogen-bond acceptors (Lipinski definition) is 7. The third-order valence-electron chi connectivity index (χ3n) is 4.38. The van der Waals surface area contributed by atoms with Gasteiger partial charge in [0.05, 0.1) is 13.7 Å². The van der Waals surface area contributed by atoms with E-state index in [4.69, 9.17) is 18.7 Å². The number of fused-ring (bicyclic) bond motifs is 1. The Bertz CT molecular complexity index is 1040. The Morgan fingerprint density at radius 1 is 1.17 bits per heavy atom. The highest BCUT2D eigenvalue weighted by atomic mass is 16.7. The van der Waals surface area contributed by atoms with Crippen LogP contribution in [0.15, 0.2) is 53.1 Å². The Morgan fingerprint density at radius 2 is 1.97 bits per heavy atom. The number of amides is 1. The van der Waals surface area contributed by atoms with E-state index in [-0.39, 0.29) is 19.2 Å². The van der Waals surface area contributed by atoms with Crippen LogP contribution in [0.3, 0.4) is 0 Å². The van der Waals surface area contributed by atoms with Crippen LogP contribution in [0.1, 0.15) is 11.5 Å². The molecule has 1 aromatic heterocycles. The van der Waals surface area contributed by atoms with Gasteiger partial charge in [0.1, 0.15) is 5.75 Å². The number of aromatic nitrogens is 2. The van der Waals surface area contributed by atoms with E-state index < -0.39 is 0 Å². The summed E-state index contributed by atoms with van der Waals surface area (Å²) < 4.78 is 21.0. The molecule has 8 heteroatoms. The molecule has 0 fully saturated rings. The molecular formula is C21H19N3O5. The molecule has 2 aromatic carbocycles. The number of nitrogens with zero attached hydrogens (tertiary/aromatic N) is 3. The first-order valence-electron chi connectivity index (χ1n) is 8.92. The second kappa shape index (κ2) is 8.05. The number of ether oxygens (including phenoxy) is 3. The summed E-state index contributed by atoms with van der Waals surface area (Å²) in [6.07, 6.45) is 3.20. The monoisotopic (exact) mass is 393 g/mol. The van der Waals surface area contributed by atoms with Gasteiger partial charge in [0.15, 0.2) is 11.5 Å². The number of carbonyl (C=O) groups is 1. The van der Waals surface area contributed by atoms with Crippen molar-refractivity contribution in [3.63, 3.8) is 0 Å². The van der Waals surface area contributed by atoms with E-state index in [0.29, 0.717) is 23.2 Å². The average molecular weight is 393 g/mol. The molecule has 3 aromatic rings. The number of benzene rings is 2. The van der Waals surface area contributed by atoms with Gasteiger partial charge in [-0.3, -0.25) is 4.79 Å². The highest BCUT2D eigenvalue weighted by Gasteiger charge is 2.14. The molecule has 0 N–H and O–H groups in total. The standard InChI is InChI=1S/C21H19N3O5/c1-24(20(25)10-4-14-3-9-17-18(11-14)28-13-27-17)12-19-22-21(23-29-19)15-5-7-16(26-2)8-6-15/h3-11H,12-13H2,1-2H3/b10-4+. The van der Waals surface area contributed by atoms with E-state index >= 15 is 0 Å². The fourth-order valence-corrected chi connectivity index (χ4v) is 2.77. The van der Waals surface area contributed by atoms with Gasteiger partial charge in [-0.1, -0.05) is 11.2 Å². The van der Waals surface area contributed by atoms with E-state index in [0.717, 1.165) is 16.9 Å². The number of likely N-dealkylation sites (N-methyl/N-ethyl adjacent to an activating group) is 1. The maximum atomic E-state index is 12.4. The summed E-state index contributed by atoms with van der Waals surface area (Å²) >= 11 is 0. The van der Waals surface area contributed by atoms with Crippen molar-refractivity contribution in [2.45, 2.75) is 6.54 Å². The zero-order valence-electron chi connectivity index (χ0n) is 16.0. The largest absolute Gasteiger partial charge is 0.497 e. The van der Waals surface area contributed by atoms with Crippen LogP contribution in [0.4, 0.5) is 0 Å². The van der Waals surface area contributed by atoms with Crippen molar-refractivity contribution in [1.29, 1.82) is 0 Å². The first-order valence-corrected chi connectivity index (χ1v) is 8.92. The molecule has 29 heavy (non-hydrogen) atoms. The van der Waals surface area contributed by atoms with Gasteiger partial charge in [0.25, 0.3) is 0 Å². The first kappa shape index (κ1) is 18.5. The molecule has 1 amide bonds. The van der Waals surface area contributed by atoms with Gasteiger partial charge in [-0.15, -0.1) is 0 Å². The molecule has 0 aliphatic carbocycles. The summed E-state index contributed by atoms with van der Waals surface area (Å²) in [7, 11) is 3.28. The van der Waals surface area contributed by atoms with Gasteiger partial charge < -0.3 is 23.6 Å². The quantitative estimate of drug-likeness (QED) is 0.595. The average Bonchev–Trinajstić information content (AvgIpc) is 3.41. The van der Waals surface area contributed by atoms with Crippen LogP contribution in [0.5, 0.6) is 17.2 Å². The van der Waals surface area contributed by atoms with Crippen molar-refractivity contribution >= 4 is 12.0 Å². The van der Waals surface area contributed by atoms with Crippen molar-refractivity contribution in [2.24, 2.45) is 0 Å². The highest BCUT2D eigenvalue weighted by Crippen LogP contribution is 2.32. The maximum Gasteiger partial charge on any atom is 0.246 e. The van der Waals surface area contributed by atoms with E-state index in [1.165, 1.54) is 11.0 Å². The van der Waals surface area contributed by atoms with Crippen LogP contribution in [0.2, 0.25) is 0 Å². The molecule has 0 spiro atoms. The fourth-order valence-electron chi connectivity index (χ4n) is 2.77. The van der Waals surface area contributed by atoms with Crippen LogP contribution in [-0.4, -0.2) is 41.9 Å². The van der Waals surface area contributed by atoms with Crippen molar-refractivity contribution in [3.8, 4) is 28.6 Å². The van der Waals surface area contributed by atoms with E-state index in [2.05, 4.69) is 10.1 Å². The van der Waals surface area contributed by atoms with Crippen molar-refractivity contribution in [2.75, 3.05) is 21.0 Å². The van der Waals surface area contributed by atoms with Gasteiger partial charge in [-0.05, 0) is 48.0 Å². The van der Waals surface area contributed by atoms with Gasteiger partial charge in [-0.25, -0.2) is 0 Å². The molecule has 0 unspecified atom stereocenters. The summed E-state index contributed by atoms with van der Waals surface area (Å²) in [5, 5.41) is 3.97. The predicted molar refractivity (Wildman–Crippen MR) is 104 cm³/mol. The van der Waals surface area contributed by atoms with Crippen LogP contribution in [0.25, 0.3) is 17.5 Å². The molecule has 0 atom stereocenters. The molecule has 0 bridgehead atoms. The molecule has 2 heterocycles. The molecule has 0 saturated carbocycles. The topological polar surface area (TPSA) is 86.9 Å². The first-order chi connectivity index (χ1) is 14.1. The minimum atomic E-state index is -0.188. The van der Waals surface area contributed by atoms with E-state index in [1.54, 1.807) is 20.2 Å². The summed E-state index contributed by atoms with van der Waals surface area (Å²) in [5.74, 6) is 2.74. The SMILES string of the molecule is COc1ccc(-c2noc(CN(C)C(=O)/C=C/c3ccc4c(c3)OCO4)n2)cc1. The van der Waals surface area contributed by atoms with Crippen LogP contribution in [-0.2, 0) is 11.3 Å². The second-order valence-electron chi connectivity index (χ2n) is 6.38. The zero-order valence-corrected chi connectivity index (χ0v) is 16.0. The zero-order chi connectivity index (χ0) is 20.2. The maximum absolute atomic E-state index is 12.4. The molecule has 0 saturated heterocycles. The lowest BCUT2D eigenvalue weighted by Gasteiger charge is -2.11. The highest BCUT2D eigenvalue weighted by molar-refractivity contribution is 5.91. The summed E-state index contributed by atoms with van der Waals surface area (Å²) in [4.78, 5) is 18.2. The number of rotatable bonds is 6. The molecule has 8 nitrogen and oxygen atoms in total. The third kappa shape index (κ3) is 4.21. The van der Waals surface area contributed by atoms with Crippen molar-refractivity contribution < 1.29 is 23.5 Å². The van der Waals surface area contributed by atoms with Crippen LogP contribution in [0, 0.1) is 0 Å². The van der Waals surface area contributed by atoms with Crippen LogP contribution < -0.4 is 14.2 Å². The van der Waals surface area contributed by atoms with Gasteiger partial charge in [0, 0.05) is 18.7 Å². The fraction of sp³-hybridized carbons (Fsp3) is 0.190. The number of methoxy groups -OCH3 is 1. The Hall–Kier alpha value is -3.81. The second-order valence-corrected chi connectivity index (χ2v) is 6.38. The Balaban J connectivity index is 1.38. The lowest BCUT2D eigenvalue weighted by Crippen LogP contribution is -2.24. The van der Waals surface area contributed by atoms with E-state index in [1.807, 2.05) is 42.5 Å². The summed E-state index contributed by atoms with van der Waals surface area (Å²) in [6.45, 7) is 0.417. The molecule has 0 radical (unpaired) electrons. The van der Waals surface area contributed by atoms with Gasteiger partial charge in [0.2, 0.25) is 24.4 Å². The molecular weight excluding hydrogens is 374 g/mol. The third-order valence-corrected chi connectivity index (χ3v) is 4.38. The van der Waals surface area contributed by atoms with Gasteiger partial charge >= 0.3 is 0 Å². The molecule has 1 aliphatic heterocycles. The lowest BCUT2D eigenvalue weighted by molar-refractivity contribution is -0.125. The van der Waals surface area contributed by atoms with Crippen molar-refractivity contribution in [1.82, 2.24) is 15.0 Å². The minimum absolute atomic E-state index is 0.188. The number of carbonyl (C=O) groups excluding carboxylic acids is 1. The van der Waals surface area contributed by atoms with Crippen molar-refractivity contribution in [3.05, 3.63) is 60.0 Å².